The fourth-order valence-corrected chi connectivity index (χ4v) is 3.71. The third-order valence-electron chi connectivity index (χ3n) is 4.15. The van der Waals surface area contributed by atoms with Crippen molar-refractivity contribution in [1.29, 1.82) is 0 Å². The van der Waals surface area contributed by atoms with Crippen LogP contribution in [0.25, 0.3) is 0 Å². The van der Waals surface area contributed by atoms with Gasteiger partial charge in [0, 0.05) is 13.1 Å². The minimum atomic E-state index is -3.02. The standard InChI is InChI=1S/C14H30N2O2S/c1-4-16(19(3,17)18)11-5-10-15-12-14-8-6-13(2)7-9-14/h13-15H,4-12H2,1-3H3. The van der Waals surface area contributed by atoms with Gasteiger partial charge in [0.25, 0.3) is 0 Å². The highest BCUT2D eigenvalue weighted by atomic mass is 32.2. The normalized spacial score (nSPS) is 24.8. The van der Waals surface area contributed by atoms with Crippen molar-refractivity contribution >= 4 is 10.0 Å². The Morgan fingerprint density at radius 2 is 1.84 bits per heavy atom. The molecule has 0 aromatic carbocycles. The molecular weight excluding hydrogens is 260 g/mol. The van der Waals surface area contributed by atoms with Gasteiger partial charge in [-0.25, -0.2) is 12.7 Å². The van der Waals surface area contributed by atoms with Gasteiger partial charge in [0.15, 0.2) is 0 Å². The molecule has 1 saturated carbocycles. The first-order valence-corrected chi connectivity index (χ1v) is 9.44. The van der Waals surface area contributed by atoms with E-state index in [0.717, 1.165) is 31.3 Å². The molecule has 0 radical (unpaired) electrons. The largest absolute Gasteiger partial charge is 0.316 e. The fourth-order valence-electron chi connectivity index (χ4n) is 2.78. The van der Waals surface area contributed by atoms with E-state index in [4.69, 9.17) is 0 Å². The Morgan fingerprint density at radius 3 is 2.37 bits per heavy atom. The molecular formula is C14H30N2O2S. The van der Waals surface area contributed by atoms with Gasteiger partial charge in [0.2, 0.25) is 10.0 Å². The molecule has 0 unspecified atom stereocenters. The van der Waals surface area contributed by atoms with Crippen LogP contribution in [0.2, 0.25) is 0 Å². The molecule has 19 heavy (non-hydrogen) atoms. The predicted octanol–water partition coefficient (Wildman–Crippen LogP) is 2.07. The number of hydrogen-bond donors (Lipinski definition) is 1. The van der Waals surface area contributed by atoms with E-state index >= 15 is 0 Å². The molecule has 1 fully saturated rings. The van der Waals surface area contributed by atoms with Gasteiger partial charge in [-0.2, -0.15) is 0 Å². The Hall–Kier alpha value is -0.130. The molecule has 0 amide bonds. The van der Waals surface area contributed by atoms with Gasteiger partial charge in [-0.1, -0.05) is 26.7 Å². The Bertz CT molecular complexity index is 335. The second-order valence-corrected chi connectivity index (χ2v) is 7.92. The topological polar surface area (TPSA) is 49.4 Å². The SMILES string of the molecule is CCN(CCCNCC1CCC(C)CC1)S(C)(=O)=O. The molecule has 0 spiro atoms. The number of hydrogen-bond acceptors (Lipinski definition) is 3. The lowest BCUT2D eigenvalue weighted by Gasteiger charge is -2.26. The molecule has 1 aliphatic rings. The summed E-state index contributed by atoms with van der Waals surface area (Å²) in [6.45, 7) is 7.44. The molecule has 0 aromatic rings. The zero-order valence-corrected chi connectivity index (χ0v) is 13.5. The Morgan fingerprint density at radius 1 is 1.21 bits per heavy atom. The molecule has 0 aromatic heterocycles. The first kappa shape index (κ1) is 16.9. The molecule has 0 bridgehead atoms. The maximum Gasteiger partial charge on any atom is 0.211 e. The van der Waals surface area contributed by atoms with E-state index in [2.05, 4.69) is 12.2 Å². The van der Waals surface area contributed by atoms with Gasteiger partial charge in [-0.3, -0.25) is 0 Å². The van der Waals surface area contributed by atoms with Gasteiger partial charge < -0.3 is 5.32 Å². The van der Waals surface area contributed by atoms with Crippen molar-refractivity contribution in [1.82, 2.24) is 9.62 Å². The van der Waals surface area contributed by atoms with Crippen LogP contribution in [0.4, 0.5) is 0 Å². The van der Waals surface area contributed by atoms with E-state index in [-0.39, 0.29) is 0 Å². The summed E-state index contributed by atoms with van der Waals surface area (Å²) >= 11 is 0. The van der Waals surface area contributed by atoms with Crippen molar-refractivity contribution in [2.75, 3.05) is 32.4 Å². The Labute approximate surface area is 119 Å². The van der Waals surface area contributed by atoms with Gasteiger partial charge in [-0.05, 0) is 44.2 Å². The lowest BCUT2D eigenvalue weighted by atomic mass is 9.83. The van der Waals surface area contributed by atoms with Gasteiger partial charge in [0.1, 0.15) is 0 Å². The van der Waals surface area contributed by atoms with E-state index in [1.165, 1.54) is 36.2 Å². The van der Waals surface area contributed by atoms with Crippen molar-refractivity contribution in [2.24, 2.45) is 11.8 Å². The summed E-state index contributed by atoms with van der Waals surface area (Å²) in [5, 5.41) is 3.48. The summed E-state index contributed by atoms with van der Waals surface area (Å²) in [7, 11) is -3.02. The van der Waals surface area contributed by atoms with Crippen LogP contribution in [0, 0.1) is 11.8 Å². The lowest BCUT2D eigenvalue weighted by Crippen LogP contribution is -2.33. The predicted molar refractivity (Wildman–Crippen MR) is 80.7 cm³/mol. The van der Waals surface area contributed by atoms with Gasteiger partial charge in [-0.15, -0.1) is 0 Å². The summed E-state index contributed by atoms with van der Waals surface area (Å²) in [5.74, 6) is 1.73. The first-order chi connectivity index (χ1) is 8.93. The summed E-state index contributed by atoms with van der Waals surface area (Å²) < 4.78 is 24.4. The Kier molecular flexibility index (Phi) is 7.32. The minimum Gasteiger partial charge on any atom is -0.316 e. The molecule has 1 N–H and O–H groups in total. The third kappa shape index (κ3) is 6.72. The summed E-state index contributed by atoms with van der Waals surface area (Å²) in [6.07, 6.45) is 7.60. The average Bonchev–Trinajstić information content (AvgIpc) is 2.34. The van der Waals surface area contributed by atoms with Crippen LogP contribution >= 0.6 is 0 Å². The van der Waals surface area contributed by atoms with Crippen LogP contribution in [-0.4, -0.2) is 45.2 Å². The van der Waals surface area contributed by atoms with Crippen LogP contribution in [0.1, 0.15) is 46.0 Å². The minimum absolute atomic E-state index is 0.569. The highest BCUT2D eigenvalue weighted by molar-refractivity contribution is 7.88. The number of rotatable bonds is 8. The van der Waals surface area contributed by atoms with E-state index < -0.39 is 10.0 Å². The average molecular weight is 290 g/mol. The molecule has 1 rings (SSSR count). The quantitative estimate of drug-likeness (QED) is 0.696. The number of nitrogens with zero attached hydrogens (tertiary/aromatic N) is 1. The van der Waals surface area contributed by atoms with E-state index in [1.54, 1.807) is 0 Å². The van der Waals surface area contributed by atoms with E-state index in [0.29, 0.717) is 13.1 Å². The third-order valence-corrected chi connectivity index (χ3v) is 5.53. The second-order valence-electron chi connectivity index (χ2n) is 5.94. The van der Waals surface area contributed by atoms with Crippen molar-refractivity contribution in [3.05, 3.63) is 0 Å². The van der Waals surface area contributed by atoms with Crippen molar-refractivity contribution in [2.45, 2.75) is 46.0 Å². The van der Waals surface area contributed by atoms with E-state index in [1.807, 2.05) is 6.92 Å². The maximum absolute atomic E-state index is 11.4. The van der Waals surface area contributed by atoms with Crippen molar-refractivity contribution < 1.29 is 8.42 Å². The highest BCUT2D eigenvalue weighted by Gasteiger charge is 2.17. The fraction of sp³-hybridized carbons (Fsp3) is 1.00. The molecule has 0 atom stereocenters. The van der Waals surface area contributed by atoms with E-state index in [9.17, 15) is 8.42 Å². The van der Waals surface area contributed by atoms with Gasteiger partial charge in [0.05, 0.1) is 6.26 Å². The molecule has 0 heterocycles. The second kappa shape index (κ2) is 8.22. The highest BCUT2D eigenvalue weighted by Crippen LogP contribution is 2.27. The molecule has 1 aliphatic carbocycles. The molecule has 4 nitrogen and oxygen atoms in total. The summed E-state index contributed by atoms with van der Waals surface area (Å²) in [6, 6.07) is 0. The molecule has 0 saturated heterocycles. The Balaban J connectivity index is 2.08. The zero-order chi connectivity index (χ0) is 14.3. The van der Waals surface area contributed by atoms with Crippen molar-refractivity contribution in [3.8, 4) is 0 Å². The number of sulfonamides is 1. The zero-order valence-electron chi connectivity index (χ0n) is 12.7. The van der Waals surface area contributed by atoms with Crippen molar-refractivity contribution in [3.63, 3.8) is 0 Å². The monoisotopic (exact) mass is 290 g/mol. The van der Waals surface area contributed by atoms with Crippen LogP contribution in [-0.2, 0) is 10.0 Å². The molecule has 114 valence electrons. The van der Waals surface area contributed by atoms with Crippen LogP contribution in [0.15, 0.2) is 0 Å². The van der Waals surface area contributed by atoms with Crippen LogP contribution in [0.3, 0.4) is 0 Å². The smallest absolute Gasteiger partial charge is 0.211 e. The van der Waals surface area contributed by atoms with Crippen LogP contribution < -0.4 is 5.32 Å². The molecule has 0 aliphatic heterocycles. The van der Waals surface area contributed by atoms with Gasteiger partial charge >= 0.3 is 0 Å². The first-order valence-electron chi connectivity index (χ1n) is 7.59. The summed E-state index contributed by atoms with van der Waals surface area (Å²) in [5.41, 5.74) is 0. The summed E-state index contributed by atoms with van der Waals surface area (Å²) in [4.78, 5) is 0. The number of nitrogens with one attached hydrogen (secondary N) is 1. The maximum atomic E-state index is 11.4. The lowest BCUT2D eigenvalue weighted by molar-refractivity contribution is 0.281. The molecule has 5 heteroatoms. The van der Waals surface area contributed by atoms with Crippen LogP contribution in [0.5, 0.6) is 0 Å².